The summed E-state index contributed by atoms with van der Waals surface area (Å²) < 4.78 is 40.6. The van der Waals surface area contributed by atoms with E-state index in [-0.39, 0.29) is 17.2 Å². The van der Waals surface area contributed by atoms with Crippen LogP contribution in [0.25, 0.3) is 0 Å². The summed E-state index contributed by atoms with van der Waals surface area (Å²) in [6.07, 6.45) is 0.132. The normalized spacial score (nSPS) is 21.8. The van der Waals surface area contributed by atoms with Crippen LogP contribution in [-0.2, 0) is 19.7 Å². The Morgan fingerprint density at radius 3 is 2.54 bits per heavy atom. The zero-order valence-corrected chi connectivity index (χ0v) is 24.9. The number of thiocarbonyl (C=S) groups is 1. The van der Waals surface area contributed by atoms with Crippen molar-refractivity contribution in [3.05, 3.63) is 92.5 Å². The summed E-state index contributed by atoms with van der Waals surface area (Å²) in [7, 11) is 1.22. The minimum absolute atomic E-state index is 0.0127. The molecule has 41 heavy (non-hydrogen) atoms. The second-order valence-electron chi connectivity index (χ2n) is 10.7. The summed E-state index contributed by atoms with van der Waals surface area (Å²) in [5, 5.41) is 6.43. The molecular formula is C30H26Cl2F2N2O4S. The first kappa shape index (κ1) is 29.2. The zero-order valence-electron chi connectivity index (χ0n) is 22.5. The largest absolute Gasteiger partial charge is 0.476 e. The number of anilines is 1. The topological polar surface area (TPSA) is 76.7 Å². The molecule has 0 radical (unpaired) electrons. The minimum atomic E-state index is -1.52. The number of nitrogens with one attached hydrogen (secondary N) is 2. The van der Waals surface area contributed by atoms with Crippen LogP contribution in [0.1, 0.15) is 54.5 Å². The van der Waals surface area contributed by atoms with E-state index in [0.717, 1.165) is 11.6 Å². The number of hydrogen-bond donors (Lipinski definition) is 2. The molecule has 2 aliphatic rings. The molecule has 1 saturated heterocycles. The number of halogens is 4. The van der Waals surface area contributed by atoms with Crippen molar-refractivity contribution in [3.63, 3.8) is 0 Å². The van der Waals surface area contributed by atoms with Gasteiger partial charge in [0.2, 0.25) is 5.91 Å². The predicted octanol–water partition coefficient (Wildman–Crippen LogP) is 6.95. The Kier molecular flexibility index (Phi) is 7.51. The minimum Gasteiger partial charge on any atom is -0.476 e. The molecule has 2 N–H and O–H groups in total. The highest BCUT2D eigenvalue weighted by Gasteiger charge is 2.61. The van der Waals surface area contributed by atoms with Gasteiger partial charge in [-0.2, -0.15) is 0 Å². The molecule has 3 aromatic rings. The molecular weight excluding hydrogens is 593 g/mol. The summed E-state index contributed by atoms with van der Waals surface area (Å²) in [5.41, 5.74) is -0.329. The number of piperidine rings is 1. The third-order valence-electron chi connectivity index (χ3n) is 7.77. The Bertz CT molecular complexity index is 1620. The van der Waals surface area contributed by atoms with Crippen LogP contribution in [0.5, 0.6) is 5.75 Å². The maximum atomic E-state index is 14.9. The van der Waals surface area contributed by atoms with Gasteiger partial charge in [-0.15, -0.1) is 0 Å². The zero-order chi connectivity index (χ0) is 29.9. The molecule has 2 aliphatic heterocycles. The third-order valence-corrected chi connectivity index (χ3v) is 8.58. The molecule has 1 amide bonds. The number of amides is 1. The van der Waals surface area contributed by atoms with Crippen LogP contribution in [0.15, 0.2) is 48.5 Å². The first-order valence-corrected chi connectivity index (χ1v) is 13.9. The van der Waals surface area contributed by atoms with Gasteiger partial charge in [0.15, 0.2) is 5.60 Å². The number of ether oxygens (including phenoxy) is 2. The van der Waals surface area contributed by atoms with Gasteiger partial charge >= 0.3 is 5.97 Å². The van der Waals surface area contributed by atoms with Gasteiger partial charge in [-0.25, -0.2) is 13.6 Å². The maximum Gasteiger partial charge on any atom is 0.349 e. The van der Waals surface area contributed by atoms with Gasteiger partial charge < -0.3 is 20.1 Å². The molecule has 0 bridgehead atoms. The van der Waals surface area contributed by atoms with Crippen LogP contribution < -0.4 is 15.4 Å². The monoisotopic (exact) mass is 618 g/mol. The van der Waals surface area contributed by atoms with Crippen molar-refractivity contribution >= 4 is 58.0 Å². The lowest BCUT2D eigenvalue weighted by Crippen LogP contribution is -2.56. The second kappa shape index (κ2) is 10.5. The van der Waals surface area contributed by atoms with E-state index in [0.29, 0.717) is 32.4 Å². The molecule has 214 valence electrons. The van der Waals surface area contributed by atoms with E-state index in [1.807, 2.05) is 6.92 Å². The summed E-state index contributed by atoms with van der Waals surface area (Å²) in [6, 6.07) is 11.0. The number of methoxy groups -OCH3 is 1. The standard InChI is InChI=1S/C30H26Cl2F2N2O4S/c1-14-5-7-16(33)10-17(14)26-30(19-8-6-15(31)9-23(19)35-27(30)37)20(12-25(41)36-26)18-11-21(32)22(34)13-24(18)40-29(2,3)28(38)39-4/h5-11,13,20,26H,12H2,1-4H3,(H,35,37)(H,36,41). The molecule has 0 saturated carbocycles. The third kappa shape index (κ3) is 4.83. The molecule has 3 aromatic carbocycles. The molecule has 1 fully saturated rings. The van der Waals surface area contributed by atoms with Gasteiger partial charge in [-0.1, -0.05) is 47.6 Å². The number of aryl methyl sites for hydroxylation is 1. The van der Waals surface area contributed by atoms with Crippen molar-refractivity contribution < 1.29 is 27.8 Å². The highest BCUT2D eigenvalue weighted by molar-refractivity contribution is 7.80. The van der Waals surface area contributed by atoms with Crippen LogP contribution in [0.4, 0.5) is 14.5 Å². The Morgan fingerprint density at radius 1 is 1.10 bits per heavy atom. The smallest absolute Gasteiger partial charge is 0.349 e. The Labute approximate surface area is 251 Å². The van der Waals surface area contributed by atoms with Gasteiger partial charge in [0.1, 0.15) is 22.8 Å². The number of fused-ring (bicyclic) bond motifs is 2. The molecule has 5 rings (SSSR count). The van der Waals surface area contributed by atoms with Crippen molar-refractivity contribution in [2.45, 2.75) is 50.2 Å². The molecule has 3 unspecified atom stereocenters. The Balaban J connectivity index is 1.83. The van der Waals surface area contributed by atoms with Gasteiger partial charge in [0.25, 0.3) is 0 Å². The average molecular weight is 620 g/mol. The van der Waals surface area contributed by atoms with E-state index in [1.54, 1.807) is 24.3 Å². The number of esters is 1. The quantitative estimate of drug-likeness (QED) is 0.238. The molecule has 0 aliphatic carbocycles. The number of carbonyl (C=O) groups is 2. The van der Waals surface area contributed by atoms with E-state index in [4.69, 9.17) is 44.9 Å². The van der Waals surface area contributed by atoms with Crippen LogP contribution in [-0.4, -0.2) is 29.6 Å². The lowest BCUT2D eigenvalue weighted by molar-refractivity contribution is -0.156. The Morgan fingerprint density at radius 2 is 1.83 bits per heavy atom. The van der Waals surface area contributed by atoms with E-state index < -0.39 is 46.5 Å². The van der Waals surface area contributed by atoms with Crippen molar-refractivity contribution in [2.24, 2.45) is 0 Å². The highest BCUT2D eigenvalue weighted by Crippen LogP contribution is 2.59. The fourth-order valence-electron chi connectivity index (χ4n) is 5.91. The fourth-order valence-corrected chi connectivity index (χ4v) is 6.54. The van der Waals surface area contributed by atoms with Gasteiger partial charge in [-0.3, -0.25) is 4.79 Å². The number of rotatable bonds is 5. The van der Waals surface area contributed by atoms with Crippen molar-refractivity contribution in [1.29, 1.82) is 0 Å². The van der Waals surface area contributed by atoms with Gasteiger partial charge in [-0.05, 0) is 67.8 Å². The van der Waals surface area contributed by atoms with E-state index in [9.17, 15) is 18.4 Å². The molecule has 3 atom stereocenters. The van der Waals surface area contributed by atoms with Crippen molar-refractivity contribution in [1.82, 2.24) is 5.32 Å². The van der Waals surface area contributed by atoms with Crippen LogP contribution in [0, 0.1) is 18.6 Å². The SMILES string of the molecule is COC(=O)C(C)(C)Oc1cc(F)c(Cl)cc1C1CC(=S)NC(c2cc(F)ccc2C)C12C(=O)Nc1cc(Cl)ccc12. The molecule has 6 nitrogen and oxygen atoms in total. The second-order valence-corrected chi connectivity index (χ2v) is 12.0. The number of benzene rings is 3. The summed E-state index contributed by atoms with van der Waals surface area (Å²) >= 11 is 18.3. The molecule has 0 aromatic heterocycles. The summed E-state index contributed by atoms with van der Waals surface area (Å²) in [6.45, 7) is 4.78. The van der Waals surface area contributed by atoms with Crippen LogP contribution in [0.3, 0.4) is 0 Å². The predicted molar refractivity (Wildman–Crippen MR) is 157 cm³/mol. The van der Waals surface area contributed by atoms with Gasteiger partial charge in [0, 0.05) is 34.7 Å². The van der Waals surface area contributed by atoms with E-state index in [2.05, 4.69) is 10.6 Å². The number of hydrogen-bond acceptors (Lipinski definition) is 5. The first-order valence-electron chi connectivity index (χ1n) is 12.7. The highest BCUT2D eigenvalue weighted by atomic mass is 35.5. The number of carbonyl (C=O) groups excluding carboxylic acids is 2. The summed E-state index contributed by atoms with van der Waals surface area (Å²) in [5.74, 6) is -3.17. The van der Waals surface area contributed by atoms with E-state index >= 15 is 0 Å². The lowest BCUT2D eigenvalue weighted by atomic mass is 9.59. The van der Waals surface area contributed by atoms with Crippen molar-refractivity contribution in [3.8, 4) is 5.75 Å². The average Bonchev–Trinajstić information content (AvgIpc) is 3.19. The van der Waals surface area contributed by atoms with Crippen molar-refractivity contribution in [2.75, 3.05) is 12.4 Å². The summed E-state index contributed by atoms with van der Waals surface area (Å²) in [4.78, 5) is 27.3. The molecule has 2 heterocycles. The van der Waals surface area contributed by atoms with Crippen LogP contribution in [0.2, 0.25) is 10.0 Å². The van der Waals surface area contributed by atoms with Gasteiger partial charge in [0.05, 0.1) is 23.2 Å². The maximum absolute atomic E-state index is 14.9. The van der Waals surface area contributed by atoms with Crippen LogP contribution >= 0.6 is 35.4 Å². The first-order chi connectivity index (χ1) is 19.3. The molecule has 11 heteroatoms. The fraction of sp³-hybridized carbons (Fsp3) is 0.300. The van der Waals surface area contributed by atoms with E-state index in [1.165, 1.54) is 39.2 Å². The Hall–Kier alpha value is -3.27. The molecule has 1 spiro atoms. The lowest BCUT2D eigenvalue weighted by Gasteiger charge is -2.48.